The maximum atomic E-state index is 13.8. The second-order valence-corrected chi connectivity index (χ2v) is 12.5. The number of hydrogen-bond acceptors (Lipinski definition) is 6. The van der Waals surface area contributed by atoms with Crippen molar-refractivity contribution in [3.8, 4) is 0 Å². The van der Waals surface area contributed by atoms with Crippen LogP contribution in [0.2, 0.25) is 0 Å². The van der Waals surface area contributed by atoms with Gasteiger partial charge in [0.05, 0.1) is 0 Å². The van der Waals surface area contributed by atoms with Gasteiger partial charge in [0.2, 0.25) is 0 Å². The zero-order valence-electron chi connectivity index (χ0n) is 17.1. The highest BCUT2D eigenvalue weighted by atomic mass is 32.3. The Morgan fingerprint density at radius 1 is 0.514 bits per heavy atom. The molecule has 3 aromatic carbocycles. The second-order valence-electron chi connectivity index (χ2n) is 6.48. The summed E-state index contributed by atoms with van der Waals surface area (Å²) < 4.78 is 124. The predicted molar refractivity (Wildman–Crippen MR) is 117 cm³/mol. The molecule has 0 amide bonds. The number of hydrogen-bond donors (Lipinski definition) is 0. The van der Waals surface area contributed by atoms with Gasteiger partial charge in [-0.2, -0.15) is 43.2 Å². The van der Waals surface area contributed by atoms with E-state index in [0.717, 1.165) is 15.9 Å². The van der Waals surface area contributed by atoms with Gasteiger partial charge in [-0.1, -0.05) is 91.0 Å². The lowest BCUT2D eigenvalue weighted by Crippen LogP contribution is -2.34. The summed E-state index contributed by atoms with van der Waals surface area (Å²) in [4.78, 5) is 0. The molecule has 0 saturated heterocycles. The molecule has 0 N–H and O–H groups in total. The molecule has 0 atom stereocenters. The maximum absolute atomic E-state index is 13.8. The fourth-order valence-corrected chi connectivity index (χ4v) is 6.79. The Kier molecular flexibility index (Phi) is 8.59. The van der Waals surface area contributed by atoms with Crippen molar-refractivity contribution >= 4 is 43.3 Å². The van der Waals surface area contributed by atoms with Gasteiger partial charge in [-0.3, -0.25) is 0 Å². The SMILES string of the molecule is O=P(c1ccccc1)(c1ccccc1)c1ccccc1.O=S(=O)(OS(=O)(=O)C(F)(F)F)C(F)(F)F. The molecule has 0 radical (unpaired) electrons. The third-order valence-corrected chi connectivity index (χ3v) is 9.75. The van der Waals surface area contributed by atoms with E-state index in [1.807, 2.05) is 94.6 Å². The quantitative estimate of drug-likeness (QED) is 0.266. The average molecular weight is 560 g/mol. The van der Waals surface area contributed by atoms with Gasteiger partial charge in [-0.25, -0.2) is 0 Å². The lowest BCUT2D eigenvalue weighted by molar-refractivity contribution is -0.0585. The smallest absolute Gasteiger partial charge is 0.309 e. The molecule has 0 saturated carbocycles. The number of benzene rings is 3. The van der Waals surface area contributed by atoms with E-state index < -0.39 is 38.4 Å². The van der Waals surface area contributed by atoms with Crippen LogP contribution in [-0.2, 0) is 28.4 Å². The molecule has 0 spiro atoms. The van der Waals surface area contributed by atoms with E-state index in [2.05, 4.69) is 0 Å². The fourth-order valence-electron chi connectivity index (χ4n) is 2.56. The Morgan fingerprint density at radius 3 is 0.943 bits per heavy atom. The van der Waals surface area contributed by atoms with Crippen LogP contribution in [0, 0.1) is 0 Å². The molecule has 0 aliphatic carbocycles. The first kappa shape index (κ1) is 28.6. The average Bonchev–Trinajstić information content (AvgIpc) is 2.78. The van der Waals surface area contributed by atoms with Gasteiger partial charge in [0, 0.05) is 15.9 Å². The lowest BCUT2D eigenvalue weighted by atomic mass is 10.4. The molecule has 35 heavy (non-hydrogen) atoms. The van der Waals surface area contributed by atoms with Crippen LogP contribution in [0.1, 0.15) is 0 Å². The van der Waals surface area contributed by atoms with Crippen LogP contribution in [-0.4, -0.2) is 27.9 Å². The van der Waals surface area contributed by atoms with E-state index in [1.165, 1.54) is 0 Å². The van der Waals surface area contributed by atoms with Crippen molar-refractivity contribution in [2.75, 3.05) is 0 Å². The molecule has 6 nitrogen and oxygen atoms in total. The van der Waals surface area contributed by atoms with Crippen molar-refractivity contribution in [3.63, 3.8) is 0 Å². The molecule has 190 valence electrons. The largest absolute Gasteiger partial charge is 0.524 e. The monoisotopic (exact) mass is 560 g/mol. The summed E-state index contributed by atoms with van der Waals surface area (Å²) in [6, 6.07) is 29.1. The molecule has 0 unspecified atom stereocenters. The summed E-state index contributed by atoms with van der Waals surface area (Å²) in [7, 11) is -16.5. The van der Waals surface area contributed by atoms with E-state index in [-0.39, 0.29) is 0 Å². The minimum Gasteiger partial charge on any atom is -0.309 e. The lowest BCUT2D eigenvalue weighted by Gasteiger charge is -2.19. The third kappa shape index (κ3) is 6.72. The van der Waals surface area contributed by atoms with E-state index in [1.54, 1.807) is 0 Å². The molecular weight excluding hydrogens is 545 g/mol. The van der Waals surface area contributed by atoms with Gasteiger partial charge in [0.15, 0.2) is 7.14 Å². The van der Waals surface area contributed by atoms with Gasteiger partial charge in [0.1, 0.15) is 0 Å². The minimum absolute atomic E-state index is 0.873. The first-order valence-corrected chi connectivity index (χ1v) is 13.7. The highest BCUT2D eigenvalue weighted by molar-refractivity contribution is 8.00. The van der Waals surface area contributed by atoms with Crippen molar-refractivity contribution in [1.29, 1.82) is 0 Å². The van der Waals surface area contributed by atoms with Crippen LogP contribution in [0.15, 0.2) is 91.0 Å². The molecule has 0 fully saturated rings. The number of alkyl halides is 6. The van der Waals surface area contributed by atoms with Crippen LogP contribution in [0.3, 0.4) is 0 Å². The van der Waals surface area contributed by atoms with Crippen LogP contribution in [0.4, 0.5) is 26.3 Å². The standard InChI is InChI=1S/C18H15OP.C2F6O5S2/c19-20(16-10-4-1-5-11-16,17-12-6-2-7-13-17)18-14-8-3-9-15-18;3-1(4,5)14(9,10)13-15(11,12)2(6,7)8/h1-15H;. The number of halogens is 6. The van der Waals surface area contributed by atoms with Crippen molar-refractivity contribution < 1.29 is 51.4 Å². The predicted octanol–water partition coefficient (Wildman–Crippen LogP) is 4.03. The van der Waals surface area contributed by atoms with Gasteiger partial charge in [-0.15, -0.1) is 3.63 Å². The first-order valence-electron chi connectivity index (χ1n) is 9.13. The third-order valence-electron chi connectivity index (χ3n) is 4.11. The topological polar surface area (TPSA) is 94.6 Å². The molecule has 3 aromatic rings. The molecule has 15 heteroatoms. The zero-order valence-corrected chi connectivity index (χ0v) is 19.7. The Bertz CT molecular complexity index is 1230. The van der Waals surface area contributed by atoms with E-state index in [9.17, 15) is 47.7 Å². The van der Waals surface area contributed by atoms with E-state index in [4.69, 9.17) is 0 Å². The van der Waals surface area contributed by atoms with Crippen LogP contribution in [0.5, 0.6) is 0 Å². The molecule has 0 aliphatic heterocycles. The molecule has 0 bridgehead atoms. The minimum atomic E-state index is -6.85. The number of rotatable bonds is 5. The van der Waals surface area contributed by atoms with Gasteiger partial charge < -0.3 is 4.57 Å². The summed E-state index contributed by atoms with van der Waals surface area (Å²) in [5, 5.41) is 2.62. The van der Waals surface area contributed by atoms with Crippen molar-refractivity contribution in [1.82, 2.24) is 0 Å². The second kappa shape index (κ2) is 10.5. The Labute approximate surface area is 196 Å². The summed E-state index contributed by atoms with van der Waals surface area (Å²) in [6.07, 6.45) is 0. The van der Waals surface area contributed by atoms with E-state index >= 15 is 0 Å². The Morgan fingerprint density at radius 2 is 0.743 bits per heavy atom. The first-order chi connectivity index (χ1) is 16.0. The van der Waals surface area contributed by atoms with Gasteiger partial charge in [0.25, 0.3) is 0 Å². The molecule has 0 aliphatic rings. The van der Waals surface area contributed by atoms with Crippen molar-refractivity contribution in [3.05, 3.63) is 91.0 Å². The zero-order chi connectivity index (χ0) is 26.5. The van der Waals surface area contributed by atoms with E-state index in [0.29, 0.717) is 0 Å². The summed E-state index contributed by atoms with van der Waals surface area (Å²) in [5.74, 6) is 0. The van der Waals surface area contributed by atoms with Crippen LogP contribution in [0.25, 0.3) is 0 Å². The van der Waals surface area contributed by atoms with Crippen molar-refractivity contribution in [2.45, 2.75) is 11.0 Å². The molecule has 3 rings (SSSR count). The molecular formula is C20H15F6O6PS2. The van der Waals surface area contributed by atoms with Gasteiger partial charge in [-0.05, 0) is 0 Å². The highest BCUT2D eigenvalue weighted by Gasteiger charge is 2.57. The van der Waals surface area contributed by atoms with Crippen LogP contribution < -0.4 is 15.9 Å². The maximum Gasteiger partial charge on any atom is 0.524 e. The van der Waals surface area contributed by atoms with Crippen LogP contribution >= 0.6 is 7.14 Å². The summed E-state index contributed by atoms with van der Waals surface area (Å²) in [5.41, 5.74) is -12.5. The fraction of sp³-hybridized carbons (Fsp3) is 0.100. The van der Waals surface area contributed by atoms with Crippen molar-refractivity contribution in [2.24, 2.45) is 0 Å². The molecule has 0 heterocycles. The Hall–Kier alpha value is -2.67. The summed E-state index contributed by atoms with van der Waals surface area (Å²) in [6.45, 7) is 0. The normalized spacial score (nSPS) is 13.0. The highest BCUT2D eigenvalue weighted by Crippen LogP contribution is 2.41. The molecule has 0 aromatic heterocycles. The van der Waals surface area contributed by atoms with Gasteiger partial charge >= 0.3 is 31.3 Å². The Balaban J connectivity index is 0.000000260. The summed E-state index contributed by atoms with van der Waals surface area (Å²) >= 11 is 0.